The van der Waals surface area contributed by atoms with Crippen LogP contribution in [0.3, 0.4) is 0 Å². The van der Waals surface area contributed by atoms with Gasteiger partial charge in [-0.1, -0.05) is 36.7 Å². The number of para-hydroxylation sites is 1. The molecule has 0 spiro atoms. The van der Waals surface area contributed by atoms with E-state index in [0.29, 0.717) is 16.5 Å². The first kappa shape index (κ1) is 17.6. The minimum atomic E-state index is -0.209. The molecule has 0 unspecified atom stereocenters. The van der Waals surface area contributed by atoms with Gasteiger partial charge in [-0.25, -0.2) is 0 Å². The van der Waals surface area contributed by atoms with Gasteiger partial charge in [0.05, 0.1) is 10.7 Å². The number of ether oxygens (including phenoxy) is 1. The fraction of sp³-hybridized carbons (Fsp3) is 0.350. The van der Waals surface area contributed by atoms with Crippen LogP contribution >= 0.6 is 11.6 Å². The summed E-state index contributed by atoms with van der Waals surface area (Å²) in [6.45, 7) is 4.30. The molecule has 3 rings (SSSR count). The van der Waals surface area contributed by atoms with Crippen molar-refractivity contribution in [1.82, 2.24) is 0 Å². The van der Waals surface area contributed by atoms with Gasteiger partial charge in [-0.3, -0.25) is 4.79 Å². The molecule has 1 aliphatic heterocycles. The van der Waals surface area contributed by atoms with Crippen molar-refractivity contribution in [1.29, 1.82) is 0 Å². The number of benzene rings is 2. The number of hydrogen-bond acceptors (Lipinski definition) is 3. The summed E-state index contributed by atoms with van der Waals surface area (Å²) in [7, 11) is 0. The van der Waals surface area contributed by atoms with E-state index in [1.807, 2.05) is 42.5 Å². The summed E-state index contributed by atoms with van der Waals surface area (Å²) in [5.41, 5.74) is 1.72. The topological polar surface area (TPSA) is 41.6 Å². The van der Waals surface area contributed by atoms with Crippen LogP contribution in [0.2, 0.25) is 5.02 Å². The third-order valence-electron chi connectivity index (χ3n) is 4.47. The minimum Gasteiger partial charge on any atom is -0.484 e. The smallest absolute Gasteiger partial charge is 0.262 e. The Morgan fingerprint density at radius 3 is 2.60 bits per heavy atom. The average molecular weight is 359 g/mol. The number of carbonyl (C=O) groups is 1. The summed E-state index contributed by atoms with van der Waals surface area (Å²) < 4.78 is 5.45. The van der Waals surface area contributed by atoms with Crippen molar-refractivity contribution < 1.29 is 9.53 Å². The second-order valence-corrected chi connectivity index (χ2v) is 6.89. The third kappa shape index (κ3) is 4.89. The first-order valence-electron chi connectivity index (χ1n) is 8.64. The number of nitrogens with zero attached hydrogens (tertiary/aromatic N) is 1. The van der Waals surface area contributed by atoms with E-state index in [2.05, 4.69) is 17.1 Å². The second-order valence-electron chi connectivity index (χ2n) is 6.49. The first-order valence-corrected chi connectivity index (χ1v) is 9.02. The number of piperidine rings is 1. The Morgan fingerprint density at radius 1 is 1.20 bits per heavy atom. The van der Waals surface area contributed by atoms with Crippen LogP contribution < -0.4 is 15.0 Å². The molecule has 25 heavy (non-hydrogen) atoms. The van der Waals surface area contributed by atoms with Crippen molar-refractivity contribution in [2.75, 3.05) is 29.9 Å². The molecule has 2 aromatic carbocycles. The summed E-state index contributed by atoms with van der Waals surface area (Å²) in [6, 6.07) is 14.9. The molecule has 132 valence electrons. The number of carbonyl (C=O) groups excluding carboxylic acids is 1. The zero-order valence-corrected chi connectivity index (χ0v) is 15.1. The molecule has 0 aliphatic carbocycles. The molecule has 1 fully saturated rings. The number of rotatable bonds is 5. The molecular weight excluding hydrogens is 336 g/mol. The number of anilines is 2. The number of hydrogen-bond donors (Lipinski definition) is 1. The normalized spacial score (nSPS) is 15.0. The summed E-state index contributed by atoms with van der Waals surface area (Å²) in [5, 5.41) is 3.49. The van der Waals surface area contributed by atoms with E-state index in [0.717, 1.165) is 24.7 Å². The number of halogens is 1. The van der Waals surface area contributed by atoms with Crippen molar-refractivity contribution in [3.63, 3.8) is 0 Å². The standard InChI is InChI=1S/C20H23ClN2O2/c1-15-9-11-23(12-10-15)19-8-7-16(13-18(19)21)22-20(24)14-25-17-5-3-2-4-6-17/h2-8,13,15H,9-12,14H2,1H3,(H,22,24). The highest BCUT2D eigenvalue weighted by molar-refractivity contribution is 6.33. The molecule has 1 amide bonds. The quantitative estimate of drug-likeness (QED) is 0.849. The molecule has 1 heterocycles. The number of amides is 1. The Kier molecular flexibility index (Phi) is 5.82. The van der Waals surface area contributed by atoms with E-state index >= 15 is 0 Å². The van der Waals surface area contributed by atoms with Gasteiger partial charge >= 0.3 is 0 Å². The van der Waals surface area contributed by atoms with E-state index in [4.69, 9.17) is 16.3 Å². The van der Waals surface area contributed by atoms with Crippen LogP contribution in [-0.4, -0.2) is 25.6 Å². The maximum absolute atomic E-state index is 12.0. The van der Waals surface area contributed by atoms with Gasteiger partial charge in [-0.05, 0) is 49.1 Å². The summed E-state index contributed by atoms with van der Waals surface area (Å²) in [6.07, 6.45) is 2.37. The van der Waals surface area contributed by atoms with E-state index < -0.39 is 0 Å². The summed E-state index contributed by atoms with van der Waals surface area (Å²) in [4.78, 5) is 14.3. The van der Waals surface area contributed by atoms with Gasteiger partial charge in [0, 0.05) is 18.8 Å². The van der Waals surface area contributed by atoms with Gasteiger partial charge < -0.3 is 15.0 Å². The molecule has 0 saturated carbocycles. The fourth-order valence-electron chi connectivity index (χ4n) is 2.95. The summed E-state index contributed by atoms with van der Waals surface area (Å²) >= 11 is 6.43. The van der Waals surface area contributed by atoms with Gasteiger partial charge in [0.25, 0.3) is 5.91 Å². The van der Waals surface area contributed by atoms with Gasteiger partial charge in [-0.2, -0.15) is 0 Å². The Labute approximate surface area is 153 Å². The molecule has 1 aliphatic rings. The van der Waals surface area contributed by atoms with Crippen LogP contribution in [0, 0.1) is 5.92 Å². The number of nitrogens with one attached hydrogen (secondary N) is 1. The zero-order chi connectivity index (χ0) is 17.6. The Hall–Kier alpha value is -2.20. The second kappa shape index (κ2) is 8.26. The lowest BCUT2D eigenvalue weighted by Gasteiger charge is -2.32. The highest BCUT2D eigenvalue weighted by Gasteiger charge is 2.18. The van der Waals surface area contributed by atoms with E-state index in [9.17, 15) is 4.79 Å². The maximum Gasteiger partial charge on any atom is 0.262 e. The van der Waals surface area contributed by atoms with Crippen LogP contribution in [0.4, 0.5) is 11.4 Å². The third-order valence-corrected chi connectivity index (χ3v) is 4.77. The van der Waals surface area contributed by atoms with Crippen molar-refractivity contribution in [3.8, 4) is 5.75 Å². The van der Waals surface area contributed by atoms with Crippen LogP contribution in [0.1, 0.15) is 19.8 Å². The molecule has 2 aromatic rings. The highest BCUT2D eigenvalue weighted by atomic mass is 35.5. The van der Waals surface area contributed by atoms with Crippen molar-refractivity contribution in [2.24, 2.45) is 5.92 Å². The van der Waals surface area contributed by atoms with Gasteiger partial charge in [0.1, 0.15) is 5.75 Å². The molecular formula is C20H23ClN2O2. The van der Waals surface area contributed by atoms with Crippen molar-refractivity contribution in [3.05, 3.63) is 53.6 Å². The molecule has 0 aromatic heterocycles. The van der Waals surface area contributed by atoms with E-state index in [1.165, 1.54) is 12.8 Å². The largest absolute Gasteiger partial charge is 0.484 e. The lowest BCUT2D eigenvalue weighted by molar-refractivity contribution is -0.118. The average Bonchev–Trinajstić information content (AvgIpc) is 2.62. The van der Waals surface area contributed by atoms with Gasteiger partial charge in [0.15, 0.2) is 6.61 Å². The summed E-state index contributed by atoms with van der Waals surface area (Å²) in [5.74, 6) is 1.24. The minimum absolute atomic E-state index is 0.0343. The SMILES string of the molecule is CC1CCN(c2ccc(NC(=O)COc3ccccc3)cc2Cl)CC1. The lowest BCUT2D eigenvalue weighted by atomic mass is 9.99. The molecule has 1 N–H and O–H groups in total. The molecule has 0 radical (unpaired) electrons. The van der Waals surface area contributed by atoms with E-state index in [-0.39, 0.29) is 12.5 Å². The fourth-order valence-corrected chi connectivity index (χ4v) is 3.25. The predicted molar refractivity (Wildman–Crippen MR) is 103 cm³/mol. The Bertz CT molecular complexity index is 713. The van der Waals surface area contributed by atoms with Crippen LogP contribution in [-0.2, 0) is 4.79 Å². The molecule has 5 heteroatoms. The zero-order valence-electron chi connectivity index (χ0n) is 14.4. The van der Waals surface area contributed by atoms with Crippen molar-refractivity contribution >= 4 is 28.9 Å². The molecule has 0 bridgehead atoms. The van der Waals surface area contributed by atoms with Crippen LogP contribution in [0.15, 0.2) is 48.5 Å². The van der Waals surface area contributed by atoms with Gasteiger partial charge in [-0.15, -0.1) is 0 Å². The van der Waals surface area contributed by atoms with Crippen LogP contribution in [0.5, 0.6) is 5.75 Å². The lowest BCUT2D eigenvalue weighted by Crippen LogP contribution is -2.32. The molecule has 4 nitrogen and oxygen atoms in total. The van der Waals surface area contributed by atoms with Crippen LogP contribution in [0.25, 0.3) is 0 Å². The Balaban J connectivity index is 1.56. The molecule has 0 atom stereocenters. The van der Waals surface area contributed by atoms with E-state index in [1.54, 1.807) is 6.07 Å². The molecule has 1 saturated heterocycles. The predicted octanol–water partition coefficient (Wildman–Crippen LogP) is 4.59. The monoisotopic (exact) mass is 358 g/mol. The first-order chi connectivity index (χ1) is 12.1. The highest BCUT2D eigenvalue weighted by Crippen LogP contribution is 2.31. The van der Waals surface area contributed by atoms with Crippen molar-refractivity contribution in [2.45, 2.75) is 19.8 Å². The maximum atomic E-state index is 12.0. The Morgan fingerprint density at radius 2 is 1.92 bits per heavy atom. The van der Waals surface area contributed by atoms with Gasteiger partial charge in [0.2, 0.25) is 0 Å².